The minimum absolute atomic E-state index is 0.0519. The molecule has 1 fully saturated rings. The van der Waals surface area contributed by atoms with Gasteiger partial charge in [0.25, 0.3) is 16.0 Å². The predicted octanol–water partition coefficient (Wildman–Crippen LogP) is 5.01. The lowest BCUT2D eigenvalue weighted by atomic mass is 10.0. The van der Waals surface area contributed by atoms with E-state index in [1.54, 1.807) is 42.5 Å². The van der Waals surface area contributed by atoms with Gasteiger partial charge < -0.3 is 30.2 Å². The van der Waals surface area contributed by atoms with E-state index in [-0.39, 0.29) is 37.9 Å². The van der Waals surface area contributed by atoms with Crippen molar-refractivity contribution in [2.45, 2.75) is 50.6 Å². The van der Waals surface area contributed by atoms with E-state index in [0.29, 0.717) is 65.8 Å². The summed E-state index contributed by atoms with van der Waals surface area (Å²) in [6, 6.07) is 10.9. The van der Waals surface area contributed by atoms with Gasteiger partial charge in [0.05, 0.1) is 49.0 Å². The first-order valence-electron chi connectivity index (χ1n) is 15.6. The fourth-order valence-electron chi connectivity index (χ4n) is 5.40. The number of likely N-dealkylation sites (tertiary alicyclic amines) is 1. The number of hydrogen-bond donors (Lipinski definition) is 3. The number of halogens is 4. The van der Waals surface area contributed by atoms with Crippen molar-refractivity contribution < 1.29 is 39.7 Å². The Morgan fingerprint density at radius 2 is 1.85 bits per heavy atom. The minimum atomic E-state index is -4.50. The second kappa shape index (κ2) is 16.4. The topological polar surface area (TPSA) is 114 Å². The maximum Gasteiger partial charge on any atom is 0.406 e. The van der Waals surface area contributed by atoms with E-state index in [1.165, 1.54) is 7.05 Å². The first kappa shape index (κ1) is 36.8. The molecule has 1 aliphatic rings. The van der Waals surface area contributed by atoms with Crippen molar-refractivity contribution in [3.05, 3.63) is 53.7 Å². The Morgan fingerprint density at radius 3 is 2.56 bits per heavy atom. The number of hydrogen-bond acceptors (Lipinski definition) is 8. The first-order valence-corrected chi connectivity index (χ1v) is 17.4. The number of benzene rings is 2. The Kier molecular flexibility index (Phi) is 12.6. The summed E-state index contributed by atoms with van der Waals surface area (Å²) in [7, 11) is -0.141. The van der Waals surface area contributed by atoms with Gasteiger partial charge in [0, 0.05) is 36.8 Å². The number of nitrogens with zero attached hydrogens (tertiary/aromatic N) is 2. The molecule has 4 rings (SSSR count). The number of amides is 1. The average molecular weight is 696 g/mol. The molecule has 2 aromatic carbocycles. The van der Waals surface area contributed by atoms with E-state index in [1.807, 2.05) is 11.9 Å². The quantitative estimate of drug-likeness (QED) is 0.0935. The van der Waals surface area contributed by atoms with Crippen LogP contribution in [0.25, 0.3) is 10.9 Å². The molecule has 1 aromatic heterocycles. The largest absolute Gasteiger partial charge is 0.491 e. The number of nitrogens with one attached hydrogen (secondary N) is 3. The molecule has 262 valence electrons. The monoisotopic (exact) mass is 695 g/mol. The highest BCUT2D eigenvalue weighted by molar-refractivity contribution is 7.85. The number of alkyl halides is 4. The van der Waals surface area contributed by atoms with Gasteiger partial charge in [0.15, 0.2) is 0 Å². The summed E-state index contributed by atoms with van der Waals surface area (Å²) in [4.78, 5) is 14.1. The third-order valence-corrected chi connectivity index (χ3v) is 8.36. The number of piperidine rings is 1. The number of rotatable bonds is 14. The van der Waals surface area contributed by atoms with E-state index in [9.17, 15) is 30.8 Å². The van der Waals surface area contributed by atoms with Crippen LogP contribution in [0.15, 0.2) is 42.5 Å². The first-order chi connectivity index (χ1) is 22.7. The fraction of sp³-hybridized carbons (Fsp3) is 0.485. The molecular weight excluding hydrogens is 654 g/mol. The van der Waals surface area contributed by atoms with E-state index < -0.39 is 35.1 Å². The predicted molar refractivity (Wildman–Crippen MR) is 178 cm³/mol. The van der Waals surface area contributed by atoms with Crippen molar-refractivity contribution in [1.29, 1.82) is 0 Å². The molecule has 48 heavy (non-hydrogen) atoms. The normalized spacial score (nSPS) is 17.1. The van der Waals surface area contributed by atoms with Crippen LogP contribution in [0.5, 0.6) is 5.75 Å². The van der Waals surface area contributed by atoms with Gasteiger partial charge in [-0.05, 0) is 75.0 Å². The highest BCUT2D eigenvalue weighted by Crippen LogP contribution is 2.32. The molecule has 1 amide bonds. The van der Waals surface area contributed by atoms with E-state index in [0.717, 1.165) is 10.8 Å². The summed E-state index contributed by atoms with van der Waals surface area (Å²) in [5.41, 5.74) is 1.93. The van der Waals surface area contributed by atoms with Crippen LogP contribution in [-0.2, 0) is 20.8 Å². The van der Waals surface area contributed by atoms with E-state index in [2.05, 4.69) is 27.8 Å². The molecule has 3 aromatic rings. The number of carbonyl (C=O) groups is 1. The van der Waals surface area contributed by atoms with Crippen LogP contribution >= 0.6 is 0 Å². The number of carbonyl (C=O) groups excluding carboxylic acids is 1. The van der Waals surface area contributed by atoms with E-state index in [4.69, 9.17) is 8.92 Å². The summed E-state index contributed by atoms with van der Waals surface area (Å²) in [6.45, 7) is 0.151. The smallest absolute Gasteiger partial charge is 0.406 e. The van der Waals surface area contributed by atoms with Gasteiger partial charge in [-0.3, -0.25) is 8.98 Å². The maximum absolute atomic E-state index is 14.8. The molecule has 10 nitrogen and oxygen atoms in total. The van der Waals surface area contributed by atoms with Gasteiger partial charge in [-0.15, -0.1) is 0 Å². The van der Waals surface area contributed by atoms with Crippen LogP contribution < -0.4 is 20.7 Å². The number of aromatic nitrogens is 1. The molecule has 3 N–H and O–H groups in total. The van der Waals surface area contributed by atoms with Gasteiger partial charge >= 0.3 is 6.18 Å². The van der Waals surface area contributed by atoms with Crippen LogP contribution in [0.4, 0.5) is 28.9 Å². The third kappa shape index (κ3) is 10.8. The Morgan fingerprint density at radius 1 is 1.08 bits per heavy atom. The summed E-state index contributed by atoms with van der Waals surface area (Å²) in [5.74, 6) is 5.83. The van der Waals surface area contributed by atoms with Crippen LogP contribution in [0.2, 0.25) is 0 Å². The minimum Gasteiger partial charge on any atom is -0.491 e. The van der Waals surface area contributed by atoms with Crippen LogP contribution in [0, 0.1) is 11.8 Å². The summed E-state index contributed by atoms with van der Waals surface area (Å²) < 4.78 is 89.7. The van der Waals surface area contributed by atoms with Gasteiger partial charge in [0.2, 0.25) is 0 Å². The van der Waals surface area contributed by atoms with E-state index >= 15 is 0 Å². The number of unbranched alkanes of at least 4 members (excludes halogenated alkanes) is 2. The molecule has 1 aliphatic heterocycles. The summed E-state index contributed by atoms with van der Waals surface area (Å²) in [6.07, 6.45) is -2.30. The number of fused-ring (bicyclic) bond motifs is 1. The zero-order valence-corrected chi connectivity index (χ0v) is 27.9. The highest BCUT2D eigenvalue weighted by Gasteiger charge is 2.31. The van der Waals surface area contributed by atoms with Crippen LogP contribution in [-0.4, -0.2) is 95.4 Å². The van der Waals surface area contributed by atoms with Crippen LogP contribution in [0.3, 0.4) is 0 Å². The zero-order valence-electron chi connectivity index (χ0n) is 27.1. The second-order valence-corrected chi connectivity index (χ2v) is 13.3. The van der Waals surface area contributed by atoms with Crippen molar-refractivity contribution >= 4 is 38.3 Å². The fourth-order valence-corrected chi connectivity index (χ4v) is 5.82. The lowest BCUT2D eigenvalue weighted by Crippen LogP contribution is -2.46. The van der Waals surface area contributed by atoms with Crippen molar-refractivity contribution in [3.8, 4) is 17.6 Å². The van der Waals surface area contributed by atoms with Crippen LogP contribution in [0.1, 0.15) is 41.7 Å². The number of anilines is 2. The molecule has 15 heteroatoms. The number of ether oxygens (including phenoxy) is 1. The second-order valence-electron chi connectivity index (χ2n) is 11.7. The molecule has 2 atom stereocenters. The Labute approximate surface area is 278 Å². The zero-order chi connectivity index (χ0) is 34.9. The van der Waals surface area contributed by atoms with Crippen molar-refractivity contribution in [2.75, 3.05) is 63.8 Å². The molecule has 0 bridgehead atoms. The van der Waals surface area contributed by atoms with Gasteiger partial charge in [0.1, 0.15) is 18.5 Å². The standard InChI is InChI=1S/C33H41F4N5O5S/c1-38-32(43)23-12-13-29(31(19-23)46-17-5-4-6-18-47-48(3,44)45)39-15-8-9-24-20-25-27(40-28-14-16-41(2)21-26(28)34)10-7-11-30(25)42(24)22-33(35,36)37/h7,10-13,19-20,26,28,39-40H,4-6,14-18,21-22H2,1-3H3,(H,38,43)/t26-,28+/m0/s1. The molecule has 0 unspecified atom stereocenters. The maximum atomic E-state index is 14.8. The summed E-state index contributed by atoms with van der Waals surface area (Å²) >= 11 is 0. The molecule has 0 radical (unpaired) electrons. The molecule has 0 aliphatic carbocycles. The van der Waals surface area contributed by atoms with Gasteiger partial charge in [-0.1, -0.05) is 12.0 Å². The van der Waals surface area contributed by atoms with Gasteiger partial charge in [-0.2, -0.15) is 21.6 Å². The van der Waals surface area contributed by atoms with Gasteiger partial charge in [-0.25, -0.2) is 4.39 Å². The SMILES string of the molecule is CNC(=O)c1ccc(NCC#Cc2cc3c(N[C@@H]4CCN(C)C[C@@H]4F)cccc3n2CC(F)(F)F)c(OCCCCCOS(C)(=O)=O)c1. The lowest BCUT2D eigenvalue weighted by Gasteiger charge is -2.33. The van der Waals surface area contributed by atoms with Crippen molar-refractivity contribution in [2.24, 2.45) is 0 Å². The van der Waals surface area contributed by atoms with Crippen molar-refractivity contribution in [3.63, 3.8) is 0 Å². The Bertz CT molecular complexity index is 1740. The molecular formula is C33H41F4N5O5S. The molecule has 0 spiro atoms. The Hall–Kier alpha value is -4.00. The lowest BCUT2D eigenvalue weighted by molar-refractivity contribution is -0.140. The van der Waals surface area contributed by atoms with Crippen molar-refractivity contribution in [1.82, 2.24) is 14.8 Å². The Balaban J connectivity index is 1.49. The third-order valence-electron chi connectivity index (χ3n) is 7.77. The average Bonchev–Trinajstić information content (AvgIpc) is 3.36. The molecule has 1 saturated heterocycles. The highest BCUT2D eigenvalue weighted by atomic mass is 32.2. The molecule has 0 saturated carbocycles. The molecule has 2 heterocycles. The summed E-state index contributed by atoms with van der Waals surface area (Å²) in [5, 5.41) is 9.41.